The summed E-state index contributed by atoms with van der Waals surface area (Å²) in [5.74, 6) is 0. The summed E-state index contributed by atoms with van der Waals surface area (Å²) in [4.78, 5) is 0. The van der Waals surface area contributed by atoms with Gasteiger partial charge in [0.1, 0.15) is 0 Å². The molecule has 0 aliphatic heterocycles. The molecular formula is C15H26N2O2S. The highest BCUT2D eigenvalue weighted by Gasteiger charge is 2.27. The van der Waals surface area contributed by atoms with Gasteiger partial charge < -0.3 is 5.32 Å². The molecule has 1 unspecified atom stereocenters. The van der Waals surface area contributed by atoms with E-state index in [0.717, 1.165) is 5.56 Å². The van der Waals surface area contributed by atoms with Crippen molar-refractivity contribution in [1.82, 2.24) is 9.62 Å². The first-order valence-electron chi connectivity index (χ1n) is 7.14. The molecule has 1 atom stereocenters. The van der Waals surface area contributed by atoms with E-state index in [1.54, 1.807) is 11.2 Å². The molecule has 5 heteroatoms. The van der Waals surface area contributed by atoms with Gasteiger partial charge in [-0.15, -0.1) is 0 Å². The molecule has 0 saturated carbocycles. The lowest BCUT2D eigenvalue weighted by Gasteiger charge is -2.25. The zero-order valence-corrected chi connectivity index (χ0v) is 13.7. The van der Waals surface area contributed by atoms with Crippen molar-refractivity contribution in [2.45, 2.75) is 45.5 Å². The van der Waals surface area contributed by atoms with Gasteiger partial charge in [-0.05, 0) is 12.5 Å². The van der Waals surface area contributed by atoms with Gasteiger partial charge in [0, 0.05) is 25.7 Å². The normalized spacial score (nSPS) is 13.9. The van der Waals surface area contributed by atoms with Gasteiger partial charge in [-0.1, -0.05) is 51.1 Å². The fraction of sp³-hybridized carbons (Fsp3) is 0.600. The van der Waals surface area contributed by atoms with Crippen molar-refractivity contribution < 1.29 is 8.42 Å². The van der Waals surface area contributed by atoms with Crippen molar-refractivity contribution >= 4 is 10.0 Å². The summed E-state index contributed by atoms with van der Waals surface area (Å²) in [5.41, 5.74) is 1.02. The van der Waals surface area contributed by atoms with E-state index in [9.17, 15) is 8.42 Å². The highest BCUT2D eigenvalue weighted by molar-refractivity contribution is 7.89. The summed E-state index contributed by atoms with van der Waals surface area (Å²) in [6.45, 7) is 9.07. The Morgan fingerprint density at radius 1 is 1.15 bits per heavy atom. The second kappa shape index (κ2) is 7.76. The van der Waals surface area contributed by atoms with Crippen LogP contribution in [-0.4, -0.2) is 37.1 Å². The van der Waals surface area contributed by atoms with Crippen LogP contribution in [0, 0.1) is 0 Å². The molecule has 4 nitrogen and oxygen atoms in total. The van der Waals surface area contributed by atoms with E-state index in [1.165, 1.54) is 0 Å². The van der Waals surface area contributed by atoms with Crippen molar-refractivity contribution in [3.8, 4) is 0 Å². The molecule has 0 bridgehead atoms. The van der Waals surface area contributed by atoms with Crippen LogP contribution < -0.4 is 5.32 Å². The number of rotatable bonds is 8. The lowest BCUT2D eigenvalue weighted by atomic mass is 10.2. The Kier molecular flexibility index (Phi) is 6.65. The number of nitrogens with one attached hydrogen (secondary N) is 1. The van der Waals surface area contributed by atoms with Crippen LogP contribution in [0.2, 0.25) is 0 Å². The Bertz CT molecular complexity index is 486. The van der Waals surface area contributed by atoms with Crippen LogP contribution >= 0.6 is 0 Å². The fourth-order valence-corrected chi connectivity index (χ4v) is 3.43. The Hall–Kier alpha value is -0.910. The van der Waals surface area contributed by atoms with E-state index in [-0.39, 0.29) is 6.04 Å². The topological polar surface area (TPSA) is 49.4 Å². The highest BCUT2D eigenvalue weighted by atomic mass is 32.2. The van der Waals surface area contributed by atoms with Crippen molar-refractivity contribution in [3.05, 3.63) is 35.9 Å². The average molecular weight is 298 g/mol. The minimum Gasteiger partial charge on any atom is -0.313 e. The van der Waals surface area contributed by atoms with Gasteiger partial charge in [-0.2, -0.15) is 4.31 Å². The Labute approximate surface area is 123 Å². The predicted molar refractivity (Wildman–Crippen MR) is 84.0 cm³/mol. The molecule has 0 spiro atoms. The highest BCUT2D eigenvalue weighted by Crippen LogP contribution is 2.13. The standard InChI is InChI=1S/C15H26N2O2S/c1-5-17(12-15-9-7-6-8-10-15)20(18,19)14(4)11-16-13(2)3/h6-10,13-14,16H,5,11-12H2,1-4H3. The van der Waals surface area contributed by atoms with Crippen molar-refractivity contribution in [1.29, 1.82) is 0 Å². The van der Waals surface area contributed by atoms with Gasteiger partial charge in [-0.3, -0.25) is 0 Å². The summed E-state index contributed by atoms with van der Waals surface area (Å²) in [5, 5.41) is 2.77. The molecule has 1 aromatic rings. The van der Waals surface area contributed by atoms with E-state index >= 15 is 0 Å². The third-order valence-corrected chi connectivity index (χ3v) is 5.53. The zero-order chi connectivity index (χ0) is 15.2. The molecule has 0 heterocycles. The average Bonchev–Trinajstić information content (AvgIpc) is 2.42. The van der Waals surface area contributed by atoms with Gasteiger partial charge in [0.2, 0.25) is 10.0 Å². The van der Waals surface area contributed by atoms with Crippen molar-refractivity contribution in [2.24, 2.45) is 0 Å². The lowest BCUT2D eigenvalue weighted by Crippen LogP contribution is -2.42. The first kappa shape index (κ1) is 17.1. The maximum atomic E-state index is 12.6. The maximum Gasteiger partial charge on any atom is 0.218 e. The van der Waals surface area contributed by atoms with Crippen LogP contribution in [0.4, 0.5) is 0 Å². The minimum absolute atomic E-state index is 0.289. The summed E-state index contributed by atoms with van der Waals surface area (Å²) in [6.07, 6.45) is 0. The fourth-order valence-electron chi connectivity index (χ4n) is 1.93. The first-order chi connectivity index (χ1) is 9.37. The Morgan fingerprint density at radius 2 is 1.75 bits per heavy atom. The molecule has 0 radical (unpaired) electrons. The predicted octanol–water partition coefficient (Wildman–Crippen LogP) is 2.22. The molecule has 0 aromatic heterocycles. The van der Waals surface area contributed by atoms with Gasteiger partial charge in [-0.25, -0.2) is 8.42 Å². The number of benzene rings is 1. The quantitative estimate of drug-likeness (QED) is 0.800. The Morgan fingerprint density at radius 3 is 2.25 bits per heavy atom. The van der Waals surface area contributed by atoms with E-state index in [0.29, 0.717) is 19.6 Å². The number of hydrogen-bond donors (Lipinski definition) is 1. The van der Waals surface area contributed by atoms with E-state index < -0.39 is 15.3 Å². The van der Waals surface area contributed by atoms with Crippen molar-refractivity contribution in [2.75, 3.05) is 13.1 Å². The molecule has 0 aliphatic carbocycles. The SMILES string of the molecule is CCN(Cc1ccccc1)S(=O)(=O)C(C)CNC(C)C. The van der Waals surface area contributed by atoms with E-state index in [1.807, 2.05) is 51.1 Å². The van der Waals surface area contributed by atoms with Crippen LogP contribution in [0.5, 0.6) is 0 Å². The summed E-state index contributed by atoms with van der Waals surface area (Å²) in [6, 6.07) is 9.99. The Balaban J connectivity index is 2.76. The number of sulfonamides is 1. The number of hydrogen-bond acceptors (Lipinski definition) is 3. The summed E-state index contributed by atoms with van der Waals surface area (Å²) in [7, 11) is -3.27. The molecule has 1 aromatic carbocycles. The molecule has 1 N–H and O–H groups in total. The van der Waals surface area contributed by atoms with Crippen LogP contribution in [0.1, 0.15) is 33.3 Å². The van der Waals surface area contributed by atoms with Gasteiger partial charge in [0.15, 0.2) is 0 Å². The molecule has 0 aliphatic rings. The monoisotopic (exact) mass is 298 g/mol. The molecule has 20 heavy (non-hydrogen) atoms. The summed E-state index contributed by atoms with van der Waals surface area (Å²) >= 11 is 0. The van der Waals surface area contributed by atoms with Gasteiger partial charge in [0.25, 0.3) is 0 Å². The first-order valence-corrected chi connectivity index (χ1v) is 8.64. The van der Waals surface area contributed by atoms with Crippen LogP contribution in [0.15, 0.2) is 30.3 Å². The summed E-state index contributed by atoms with van der Waals surface area (Å²) < 4.78 is 26.7. The van der Waals surface area contributed by atoms with Crippen LogP contribution in [-0.2, 0) is 16.6 Å². The van der Waals surface area contributed by atoms with Crippen molar-refractivity contribution in [3.63, 3.8) is 0 Å². The molecule has 1 rings (SSSR count). The lowest BCUT2D eigenvalue weighted by molar-refractivity contribution is 0.412. The third kappa shape index (κ3) is 4.89. The second-order valence-electron chi connectivity index (χ2n) is 5.33. The smallest absolute Gasteiger partial charge is 0.218 e. The zero-order valence-electron chi connectivity index (χ0n) is 12.8. The third-order valence-electron chi connectivity index (χ3n) is 3.24. The molecular weight excluding hydrogens is 272 g/mol. The van der Waals surface area contributed by atoms with E-state index in [2.05, 4.69) is 5.32 Å². The molecule has 0 saturated heterocycles. The van der Waals surface area contributed by atoms with E-state index in [4.69, 9.17) is 0 Å². The maximum absolute atomic E-state index is 12.6. The largest absolute Gasteiger partial charge is 0.313 e. The molecule has 0 amide bonds. The minimum atomic E-state index is -3.27. The second-order valence-corrected chi connectivity index (χ2v) is 7.68. The van der Waals surface area contributed by atoms with Gasteiger partial charge >= 0.3 is 0 Å². The number of nitrogens with zero attached hydrogens (tertiary/aromatic N) is 1. The van der Waals surface area contributed by atoms with Gasteiger partial charge in [0.05, 0.1) is 5.25 Å². The van der Waals surface area contributed by atoms with Crippen LogP contribution in [0.25, 0.3) is 0 Å². The molecule has 114 valence electrons. The molecule has 0 fully saturated rings. The van der Waals surface area contributed by atoms with Crippen LogP contribution in [0.3, 0.4) is 0 Å².